The lowest BCUT2D eigenvalue weighted by Gasteiger charge is -2.33. The summed E-state index contributed by atoms with van der Waals surface area (Å²) >= 11 is 0. The normalized spacial score (nSPS) is 24.2. The third kappa shape index (κ3) is 4.74. The van der Waals surface area contributed by atoms with Gasteiger partial charge in [-0.1, -0.05) is 0 Å². The van der Waals surface area contributed by atoms with Crippen LogP contribution in [0.25, 0.3) is 0 Å². The summed E-state index contributed by atoms with van der Waals surface area (Å²) in [6.07, 6.45) is 6.55. The molecule has 1 atom stereocenters. The molecule has 0 aromatic carbocycles. The molecule has 1 unspecified atom stereocenters. The van der Waals surface area contributed by atoms with E-state index in [0.717, 1.165) is 45.5 Å². The van der Waals surface area contributed by atoms with E-state index in [1.165, 1.54) is 12.8 Å². The van der Waals surface area contributed by atoms with Gasteiger partial charge >= 0.3 is 0 Å². The maximum atomic E-state index is 12.5. The Morgan fingerprint density at radius 2 is 2.05 bits per heavy atom. The molecular weight excluding hydrogens is 252 g/mol. The smallest absolute Gasteiger partial charge is 0.222 e. The molecule has 2 rings (SSSR count). The molecule has 2 heterocycles. The minimum atomic E-state index is 0.307. The van der Waals surface area contributed by atoms with E-state index in [1.54, 1.807) is 0 Å². The molecular formula is C16H30N2O2. The number of piperidine rings is 1. The molecule has 0 spiro atoms. The molecule has 1 N–H and O–H groups in total. The number of hydrogen-bond acceptors (Lipinski definition) is 3. The predicted octanol–water partition coefficient (Wildman–Crippen LogP) is 2.18. The van der Waals surface area contributed by atoms with E-state index >= 15 is 0 Å². The Hall–Kier alpha value is -0.610. The van der Waals surface area contributed by atoms with Crippen molar-refractivity contribution in [1.29, 1.82) is 0 Å². The molecule has 0 aliphatic carbocycles. The Balaban J connectivity index is 1.78. The summed E-state index contributed by atoms with van der Waals surface area (Å²) in [4.78, 5) is 14.6. The maximum Gasteiger partial charge on any atom is 0.222 e. The van der Waals surface area contributed by atoms with Gasteiger partial charge in [-0.2, -0.15) is 0 Å². The van der Waals surface area contributed by atoms with Crippen LogP contribution in [0.5, 0.6) is 0 Å². The van der Waals surface area contributed by atoms with Crippen molar-refractivity contribution < 1.29 is 9.53 Å². The van der Waals surface area contributed by atoms with Crippen LogP contribution in [-0.4, -0.2) is 49.2 Å². The standard InChI is InChI=1S/C16H30N2O2/c1-13(2)18(12-14-7-9-17-10-8-14)16(19)6-5-15-4-3-11-20-15/h13-15,17H,3-12H2,1-2H3. The molecule has 0 saturated carbocycles. The van der Waals surface area contributed by atoms with Crippen molar-refractivity contribution in [2.24, 2.45) is 5.92 Å². The molecule has 4 heteroatoms. The highest BCUT2D eigenvalue weighted by Gasteiger charge is 2.24. The van der Waals surface area contributed by atoms with Crippen molar-refractivity contribution >= 4 is 5.91 Å². The van der Waals surface area contributed by atoms with Gasteiger partial charge in [-0.05, 0) is 65.0 Å². The van der Waals surface area contributed by atoms with Gasteiger partial charge in [0.05, 0.1) is 6.10 Å². The SMILES string of the molecule is CC(C)N(CC1CCNCC1)C(=O)CCC1CCCO1. The second-order valence-electron chi connectivity index (χ2n) is 6.51. The topological polar surface area (TPSA) is 41.6 Å². The van der Waals surface area contributed by atoms with Gasteiger partial charge in [0.2, 0.25) is 5.91 Å². The molecule has 0 aromatic rings. The minimum Gasteiger partial charge on any atom is -0.378 e. The fourth-order valence-corrected chi connectivity index (χ4v) is 3.24. The minimum absolute atomic E-state index is 0.307. The van der Waals surface area contributed by atoms with Crippen LogP contribution in [0.1, 0.15) is 52.4 Å². The van der Waals surface area contributed by atoms with E-state index < -0.39 is 0 Å². The Bertz CT molecular complexity index is 295. The number of rotatable bonds is 6. The largest absolute Gasteiger partial charge is 0.378 e. The maximum absolute atomic E-state index is 12.5. The molecule has 2 aliphatic rings. The van der Waals surface area contributed by atoms with Crippen LogP contribution in [-0.2, 0) is 9.53 Å². The number of carbonyl (C=O) groups excluding carboxylic acids is 1. The second kappa shape index (κ2) is 7.99. The predicted molar refractivity (Wildman–Crippen MR) is 80.7 cm³/mol. The third-order valence-electron chi connectivity index (χ3n) is 4.56. The first-order chi connectivity index (χ1) is 9.66. The molecule has 1 amide bonds. The fourth-order valence-electron chi connectivity index (χ4n) is 3.24. The first-order valence-electron chi connectivity index (χ1n) is 8.28. The van der Waals surface area contributed by atoms with Gasteiger partial charge in [0.25, 0.3) is 0 Å². The molecule has 2 fully saturated rings. The average Bonchev–Trinajstić information content (AvgIpc) is 2.96. The highest BCUT2D eigenvalue weighted by molar-refractivity contribution is 5.76. The van der Waals surface area contributed by atoms with E-state index in [9.17, 15) is 4.79 Å². The first-order valence-corrected chi connectivity index (χ1v) is 8.28. The van der Waals surface area contributed by atoms with Crippen LogP contribution < -0.4 is 5.32 Å². The lowest BCUT2D eigenvalue weighted by Crippen LogP contribution is -2.43. The van der Waals surface area contributed by atoms with Crippen LogP contribution in [0.3, 0.4) is 0 Å². The highest BCUT2D eigenvalue weighted by Crippen LogP contribution is 2.20. The van der Waals surface area contributed by atoms with Crippen LogP contribution >= 0.6 is 0 Å². The number of nitrogens with zero attached hydrogens (tertiary/aromatic N) is 1. The summed E-state index contributed by atoms with van der Waals surface area (Å²) in [6, 6.07) is 0.307. The van der Waals surface area contributed by atoms with Crippen molar-refractivity contribution in [3.05, 3.63) is 0 Å². The summed E-state index contributed by atoms with van der Waals surface area (Å²) in [7, 11) is 0. The van der Waals surface area contributed by atoms with Gasteiger partial charge in [0.15, 0.2) is 0 Å². The van der Waals surface area contributed by atoms with E-state index in [-0.39, 0.29) is 0 Å². The average molecular weight is 282 g/mol. The van der Waals surface area contributed by atoms with Crippen LogP contribution in [0, 0.1) is 5.92 Å². The van der Waals surface area contributed by atoms with Gasteiger partial charge in [-0.15, -0.1) is 0 Å². The summed E-state index contributed by atoms with van der Waals surface area (Å²) in [6.45, 7) is 8.27. The molecule has 0 aromatic heterocycles. The van der Waals surface area contributed by atoms with E-state index in [1.807, 2.05) is 0 Å². The van der Waals surface area contributed by atoms with Crippen molar-refractivity contribution in [3.8, 4) is 0 Å². The van der Waals surface area contributed by atoms with Crippen molar-refractivity contribution in [3.63, 3.8) is 0 Å². The number of carbonyl (C=O) groups is 1. The van der Waals surface area contributed by atoms with Gasteiger partial charge < -0.3 is 15.0 Å². The number of ether oxygens (including phenoxy) is 1. The summed E-state index contributed by atoms with van der Waals surface area (Å²) in [5, 5.41) is 3.39. The summed E-state index contributed by atoms with van der Waals surface area (Å²) in [5.74, 6) is 0.986. The van der Waals surface area contributed by atoms with Crippen LogP contribution in [0.15, 0.2) is 0 Å². The second-order valence-corrected chi connectivity index (χ2v) is 6.51. The Morgan fingerprint density at radius 1 is 1.30 bits per heavy atom. The number of hydrogen-bond donors (Lipinski definition) is 1. The van der Waals surface area contributed by atoms with Crippen molar-refractivity contribution in [2.45, 2.75) is 64.5 Å². The first kappa shape index (κ1) is 15.8. The zero-order valence-electron chi connectivity index (χ0n) is 13.1. The zero-order chi connectivity index (χ0) is 14.4. The molecule has 2 aliphatic heterocycles. The van der Waals surface area contributed by atoms with Gasteiger partial charge in [0, 0.05) is 25.6 Å². The van der Waals surface area contributed by atoms with Gasteiger partial charge in [-0.25, -0.2) is 0 Å². The van der Waals surface area contributed by atoms with Crippen LogP contribution in [0.4, 0.5) is 0 Å². The third-order valence-corrected chi connectivity index (χ3v) is 4.56. The summed E-state index contributed by atoms with van der Waals surface area (Å²) < 4.78 is 5.61. The fraction of sp³-hybridized carbons (Fsp3) is 0.938. The molecule has 4 nitrogen and oxygen atoms in total. The Kier molecular flexibility index (Phi) is 6.30. The lowest BCUT2D eigenvalue weighted by atomic mass is 9.96. The van der Waals surface area contributed by atoms with E-state index in [0.29, 0.717) is 30.4 Å². The van der Waals surface area contributed by atoms with Crippen molar-refractivity contribution in [1.82, 2.24) is 10.2 Å². The molecule has 0 radical (unpaired) electrons. The molecule has 2 saturated heterocycles. The monoisotopic (exact) mass is 282 g/mol. The molecule has 0 bridgehead atoms. The molecule has 20 heavy (non-hydrogen) atoms. The molecule has 116 valence electrons. The number of nitrogens with one attached hydrogen (secondary N) is 1. The lowest BCUT2D eigenvalue weighted by molar-refractivity contribution is -0.134. The van der Waals surface area contributed by atoms with Crippen LogP contribution in [0.2, 0.25) is 0 Å². The quantitative estimate of drug-likeness (QED) is 0.812. The zero-order valence-corrected chi connectivity index (χ0v) is 13.1. The highest BCUT2D eigenvalue weighted by atomic mass is 16.5. The van der Waals surface area contributed by atoms with Gasteiger partial charge in [0.1, 0.15) is 0 Å². The van der Waals surface area contributed by atoms with E-state index in [4.69, 9.17) is 4.74 Å². The van der Waals surface area contributed by atoms with Gasteiger partial charge in [-0.3, -0.25) is 4.79 Å². The van der Waals surface area contributed by atoms with Crippen molar-refractivity contribution in [2.75, 3.05) is 26.2 Å². The number of amides is 1. The van der Waals surface area contributed by atoms with E-state index in [2.05, 4.69) is 24.1 Å². The Labute approximate surface area is 123 Å². The summed E-state index contributed by atoms with van der Waals surface area (Å²) in [5.41, 5.74) is 0. The Morgan fingerprint density at radius 3 is 2.65 bits per heavy atom.